The number of amides is 1. The van der Waals surface area contributed by atoms with Crippen LogP contribution in [0.25, 0.3) is 0 Å². The van der Waals surface area contributed by atoms with Gasteiger partial charge in [0.05, 0.1) is 6.04 Å². The minimum absolute atomic E-state index is 0.0501. The van der Waals surface area contributed by atoms with Gasteiger partial charge in [-0.15, -0.1) is 0 Å². The molecule has 1 fully saturated rings. The summed E-state index contributed by atoms with van der Waals surface area (Å²) in [4.78, 5) is 14.8. The summed E-state index contributed by atoms with van der Waals surface area (Å²) in [6.45, 7) is 11.0. The molecule has 1 saturated carbocycles. The van der Waals surface area contributed by atoms with Gasteiger partial charge in [0.2, 0.25) is 5.91 Å². The van der Waals surface area contributed by atoms with Gasteiger partial charge in [-0.3, -0.25) is 9.69 Å². The normalized spacial score (nSPS) is 18.8. The molecule has 21 heavy (non-hydrogen) atoms. The Hall–Kier alpha value is -0.610. The summed E-state index contributed by atoms with van der Waals surface area (Å²) >= 11 is 0. The van der Waals surface area contributed by atoms with E-state index in [1.807, 2.05) is 6.92 Å². The highest BCUT2D eigenvalue weighted by Gasteiger charge is 2.28. The SMILES string of the molecule is CCCN(CC(C)(C)CN)C(C)C(=O)NC1CCCCC1. The van der Waals surface area contributed by atoms with Crippen LogP contribution in [0.4, 0.5) is 0 Å². The molecule has 4 nitrogen and oxygen atoms in total. The molecule has 0 heterocycles. The molecule has 124 valence electrons. The lowest BCUT2D eigenvalue weighted by Gasteiger charge is -2.36. The molecule has 0 aliphatic heterocycles. The summed E-state index contributed by atoms with van der Waals surface area (Å²) < 4.78 is 0. The first-order chi connectivity index (χ1) is 9.89. The first-order valence-corrected chi connectivity index (χ1v) is 8.64. The van der Waals surface area contributed by atoms with Gasteiger partial charge >= 0.3 is 0 Å². The summed E-state index contributed by atoms with van der Waals surface area (Å²) in [5, 5.41) is 3.25. The zero-order valence-corrected chi connectivity index (χ0v) is 14.5. The maximum atomic E-state index is 12.5. The number of hydrogen-bond donors (Lipinski definition) is 2. The number of nitrogens with two attached hydrogens (primary N) is 1. The van der Waals surface area contributed by atoms with Crippen molar-refractivity contribution in [3.8, 4) is 0 Å². The van der Waals surface area contributed by atoms with Crippen LogP contribution in [-0.4, -0.2) is 42.5 Å². The Bertz CT molecular complexity index is 311. The molecule has 1 rings (SSSR count). The molecule has 0 saturated heterocycles. The Morgan fingerprint density at radius 3 is 2.48 bits per heavy atom. The van der Waals surface area contributed by atoms with E-state index >= 15 is 0 Å². The van der Waals surface area contributed by atoms with Crippen molar-refractivity contribution in [2.75, 3.05) is 19.6 Å². The first-order valence-electron chi connectivity index (χ1n) is 8.64. The highest BCUT2D eigenvalue weighted by molar-refractivity contribution is 5.81. The molecule has 0 aromatic carbocycles. The van der Waals surface area contributed by atoms with Crippen molar-refractivity contribution in [3.05, 3.63) is 0 Å². The van der Waals surface area contributed by atoms with Crippen LogP contribution in [0.3, 0.4) is 0 Å². The molecule has 0 radical (unpaired) electrons. The molecule has 4 heteroatoms. The van der Waals surface area contributed by atoms with Gasteiger partial charge in [-0.05, 0) is 44.7 Å². The van der Waals surface area contributed by atoms with E-state index in [1.165, 1.54) is 19.3 Å². The van der Waals surface area contributed by atoms with Crippen LogP contribution in [0.15, 0.2) is 0 Å². The lowest BCUT2D eigenvalue weighted by Crippen LogP contribution is -2.52. The number of carbonyl (C=O) groups is 1. The van der Waals surface area contributed by atoms with Crippen LogP contribution in [0.2, 0.25) is 0 Å². The largest absolute Gasteiger partial charge is 0.352 e. The van der Waals surface area contributed by atoms with Crippen LogP contribution >= 0.6 is 0 Å². The third-order valence-electron chi connectivity index (χ3n) is 4.57. The van der Waals surface area contributed by atoms with E-state index in [2.05, 4.69) is 31.0 Å². The average Bonchev–Trinajstić information content (AvgIpc) is 2.47. The van der Waals surface area contributed by atoms with Gasteiger partial charge in [0.25, 0.3) is 0 Å². The molecule has 0 aromatic rings. The second kappa shape index (κ2) is 8.74. The summed E-state index contributed by atoms with van der Waals surface area (Å²) in [5.74, 6) is 0.183. The fourth-order valence-corrected chi connectivity index (χ4v) is 3.05. The average molecular weight is 297 g/mol. The smallest absolute Gasteiger partial charge is 0.237 e. The molecule has 3 N–H and O–H groups in total. The molecule has 1 amide bonds. The van der Waals surface area contributed by atoms with E-state index < -0.39 is 0 Å². The predicted octanol–water partition coefficient (Wildman–Crippen LogP) is 2.52. The zero-order chi connectivity index (χ0) is 15.9. The maximum Gasteiger partial charge on any atom is 0.237 e. The van der Waals surface area contributed by atoms with Crippen molar-refractivity contribution in [1.82, 2.24) is 10.2 Å². The second-order valence-electron chi connectivity index (χ2n) is 7.36. The van der Waals surface area contributed by atoms with Crippen molar-refractivity contribution in [2.24, 2.45) is 11.1 Å². The highest BCUT2D eigenvalue weighted by Crippen LogP contribution is 2.19. The Morgan fingerprint density at radius 2 is 1.95 bits per heavy atom. The molecule has 1 aliphatic carbocycles. The molecular weight excluding hydrogens is 262 g/mol. The van der Waals surface area contributed by atoms with Gasteiger partial charge in [0, 0.05) is 12.6 Å². The Balaban J connectivity index is 2.57. The number of nitrogens with one attached hydrogen (secondary N) is 1. The fraction of sp³-hybridized carbons (Fsp3) is 0.941. The molecule has 1 aliphatic rings. The van der Waals surface area contributed by atoms with Crippen LogP contribution in [0.1, 0.15) is 66.2 Å². The van der Waals surface area contributed by atoms with Crippen molar-refractivity contribution in [2.45, 2.75) is 78.3 Å². The van der Waals surface area contributed by atoms with E-state index in [4.69, 9.17) is 5.73 Å². The van der Waals surface area contributed by atoms with Gasteiger partial charge in [-0.25, -0.2) is 0 Å². The first kappa shape index (κ1) is 18.4. The van der Waals surface area contributed by atoms with Crippen LogP contribution < -0.4 is 11.1 Å². The minimum Gasteiger partial charge on any atom is -0.352 e. The highest BCUT2D eigenvalue weighted by atomic mass is 16.2. The van der Waals surface area contributed by atoms with E-state index in [-0.39, 0.29) is 17.4 Å². The van der Waals surface area contributed by atoms with Gasteiger partial charge in [-0.2, -0.15) is 0 Å². The van der Waals surface area contributed by atoms with Gasteiger partial charge in [-0.1, -0.05) is 40.0 Å². The molecule has 0 aromatic heterocycles. The van der Waals surface area contributed by atoms with E-state index in [9.17, 15) is 4.79 Å². The summed E-state index contributed by atoms with van der Waals surface area (Å²) in [6, 6.07) is 0.317. The topological polar surface area (TPSA) is 58.4 Å². The van der Waals surface area contributed by atoms with E-state index in [1.54, 1.807) is 0 Å². The lowest BCUT2D eigenvalue weighted by molar-refractivity contribution is -0.127. The Kier molecular flexibility index (Phi) is 7.67. The molecule has 1 atom stereocenters. The van der Waals surface area contributed by atoms with Crippen LogP contribution in [0, 0.1) is 5.41 Å². The van der Waals surface area contributed by atoms with Crippen molar-refractivity contribution >= 4 is 5.91 Å². The van der Waals surface area contributed by atoms with E-state index in [0.29, 0.717) is 12.6 Å². The molecule has 0 spiro atoms. The number of hydrogen-bond acceptors (Lipinski definition) is 3. The third kappa shape index (κ3) is 6.35. The number of carbonyl (C=O) groups excluding carboxylic acids is 1. The quantitative estimate of drug-likeness (QED) is 0.724. The fourth-order valence-electron chi connectivity index (χ4n) is 3.05. The number of nitrogens with zero attached hydrogens (tertiary/aromatic N) is 1. The lowest BCUT2D eigenvalue weighted by atomic mass is 9.92. The van der Waals surface area contributed by atoms with Gasteiger partial charge in [0.15, 0.2) is 0 Å². The van der Waals surface area contributed by atoms with Crippen molar-refractivity contribution in [3.63, 3.8) is 0 Å². The van der Waals surface area contributed by atoms with Crippen LogP contribution in [0.5, 0.6) is 0 Å². The summed E-state index contributed by atoms with van der Waals surface area (Å²) in [7, 11) is 0. The maximum absolute atomic E-state index is 12.5. The second-order valence-corrected chi connectivity index (χ2v) is 7.36. The molecule has 1 unspecified atom stereocenters. The third-order valence-corrected chi connectivity index (χ3v) is 4.57. The molecular formula is C17H35N3O. The van der Waals surface area contributed by atoms with Gasteiger partial charge in [0.1, 0.15) is 0 Å². The number of rotatable bonds is 8. The summed E-state index contributed by atoms with van der Waals surface area (Å²) in [6.07, 6.45) is 7.15. The van der Waals surface area contributed by atoms with Crippen molar-refractivity contribution < 1.29 is 4.79 Å². The monoisotopic (exact) mass is 297 g/mol. The van der Waals surface area contributed by atoms with Crippen LogP contribution in [-0.2, 0) is 4.79 Å². The minimum atomic E-state index is -0.0716. The molecule has 0 bridgehead atoms. The Morgan fingerprint density at radius 1 is 1.33 bits per heavy atom. The van der Waals surface area contributed by atoms with Gasteiger partial charge < -0.3 is 11.1 Å². The van der Waals surface area contributed by atoms with E-state index in [0.717, 1.165) is 32.4 Å². The standard InChI is InChI=1S/C17H35N3O/c1-5-11-20(13-17(3,4)12-18)14(2)16(21)19-15-9-7-6-8-10-15/h14-15H,5-13,18H2,1-4H3,(H,19,21). The zero-order valence-electron chi connectivity index (χ0n) is 14.5. The Labute approximate surface area is 130 Å². The predicted molar refractivity (Wildman–Crippen MR) is 89.2 cm³/mol. The summed E-state index contributed by atoms with van der Waals surface area (Å²) in [5.41, 5.74) is 5.90. The van der Waals surface area contributed by atoms with Crippen molar-refractivity contribution in [1.29, 1.82) is 0 Å².